The summed E-state index contributed by atoms with van der Waals surface area (Å²) in [6.07, 6.45) is 7.32. The third kappa shape index (κ3) is 1.86. The zero-order valence-corrected chi connectivity index (χ0v) is 7.12. The molecule has 60 valence electrons. The van der Waals surface area contributed by atoms with Crippen molar-refractivity contribution in [2.24, 2.45) is 5.92 Å². The Morgan fingerprint density at radius 3 is 2.30 bits per heavy atom. The number of halogens is 1. The van der Waals surface area contributed by atoms with Gasteiger partial charge in [0.2, 0.25) is 0 Å². The minimum Gasteiger partial charge on any atom is -0.314 e. The van der Waals surface area contributed by atoms with Crippen molar-refractivity contribution in [2.45, 2.75) is 38.1 Å². The van der Waals surface area contributed by atoms with Crippen LogP contribution in [0.2, 0.25) is 0 Å². The molecule has 1 nitrogen and oxygen atoms in total. The molecule has 0 aromatic rings. The number of nitrogens with one attached hydrogen (secondary N) is 1. The number of rotatable bonds is 1. The van der Waals surface area contributed by atoms with Gasteiger partial charge in [0.25, 0.3) is 0 Å². The van der Waals surface area contributed by atoms with E-state index in [1.807, 2.05) is 0 Å². The van der Waals surface area contributed by atoms with Crippen molar-refractivity contribution in [1.82, 2.24) is 5.32 Å². The molecule has 1 aliphatic carbocycles. The molecule has 0 unspecified atom stereocenters. The number of hydrogen-bond acceptors (Lipinski definition) is 1. The van der Waals surface area contributed by atoms with Crippen LogP contribution in [0.15, 0.2) is 0 Å². The van der Waals surface area contributed by atoms with Gasteiger partial charge in [-0.1, -0.05) is 6.42 Å². The largest absolute Gasteiger partial charge is 0.314 e. The molecule has 1 atom stereocenters. The molecule has 0 aromatic carbocycles. The molecule has 1 N–H and O–H groups in total. The summed E-state index contributed by atoms with van der Waals surface area (Å²) in [5.74, 6) is 1.07. The Bertz CT molecular complexity index is 95.4. The zero-order valence-electron chi connectivity index (χ0n) is 6.31. The molecular weight excluding hydrogens is 146 g/mol. The maximum atomic E-state index is 3.58. The van der Waals surface area contributed by atoms with E-state index in [0.29, 0.717) is 0 Å². The molecule has 0 amide bonds. The first-order chi connectivity index (χ1) is 4.47. The Hall–Kier alpha value is 0.250. The van der Waals surface area contributed by atoms with E-state index in [2.05, 4.69) is 5.32 Å². The highest BCUT2D eigenvalue weighted by molar-refractivity contribution is 5.85. The average molecular weight is 162 g/mol. The first kappa shape index (κ1) is 8.35. The summed E-state index contributed by atoms with van der Waals surface area (Å²) >= 11 is 0. The monoisotopic (exact) mass is 161 g/mol. The Kier molecular flexibility index (Phi) is 2.99. The van der Waals surface area contributed by atoms with Crippen LogP contribution in [-0.4, -0.2) is 12.6 Å². The topological polar surface area (TPSA) is 12.0 Å². The predicted octanol–water partition coefficient (Wildman–Crippen LogP) is 1.96. The molecule has 0 aromatic heterocycles. The van der Waals surface area contributed by atoms with Crippen molar-refractivity contribution >= 4 is 12.4 Å². The van der Waals surface area contributed by atoms with E-state index in [4.69, 9.17) is 0 Å². The van der Waals surface area contributed by atoms with Gasteiger partial charge in [-0.25, -0.2) is 0 Å². The molecule has 1 saturated heterocycles. The van der Waals surface area contributed by atoms with Crippen LogP contribution in [0, 0.1) is 5.92 Å². The normalized spacial score (nSPS) is 33.0. The van der Waals surface area contributed by atoms with Crippen LogP contribution in [0.4, 0.5) is 0 Å². The molecule has 1 saturated carbocycles. The lowest BCUT2D eigenvalue weighted by Crippen LogP contribution is -2.35. The summed E-state index contributed by atoms with van der Waals surface area (Å²) < 4.78 is 0. The SMILES string of the molecule is C1CC[C@H](C2CC2)NC1.Cl. The predicted molar refractivity (Wildman–Crippen MR) is 45.6 cm³/mol. The smallest absolute Gasteiger partial charge is 0.00953 e. The van der Waals surface area contributed by atoms with Gasteiger partial charge in [0.05, 0.1) is 0 Å². The number of hydrogen-bond donors (Lipinski definition) is 1. The Morgan fingerprint density at radius 2 is 1.80 bits per heavy atom. The molecule has 0 bridgehead atoms. The van der Waals surface area contributed by atoms with Gasteiger partial charge < -0.3 is 5.32 Å². The van der Waals surface area contributed by atoms with Gasteiger partial charge in [-0.05, 0) is 38.1 Å². The Morgan fingerprint density at radius 1 is 1.00 bits per heavy atom. The molecule has 0 radical (unpaired) electrons. The highest BCUT2D eigenvalue weighted by Gasteiger charge is 2.31. The van der Waals surface area contributed by atoms with Gasteiger partial charge in [0.1, 0.15) is 0 Å². The molecule has 2 fully saturated rings. The third-order valence-electron chi connectivity index (χ3n) is 2.54. The van der Waals surface area contributed by atoms with E-state index in [1.54, 1.807) is 0 Å². The highest BCUT2D eigenvalue weighted by Crippen LogP contribution is 2.35. The average Bonchev–Trinajstić information content (AvgIpc) is 2.71. The van der Waals surface area contributed by atoms with Crippen molar-refractivity contribution in [3.63, 3.8) is 0 Å². The van der Waals surface area contributed by atoms with Gasteiger partial charge in [0.15, 0.2) is 0 Å². The minimum atomic E-state index is 0. The molecule has 0 spiro atoms. The fourth-order valence-electron chi connectivity index (χ4n) is 1.78. The lowest BCUT2D eigenvalue weighted by atomic mass is 10.0. The maximum absolute atomic E-state index is 3.58. The maximum Gasteiger partial charge on any atom is 0.00953 e. The second-order valence-electron chi connectivity index (χ2n) is 3.39. The van der Waals surface area contributed by atoms with E-state index in [0.717, 1.165) is 12.0 Å². The van der Waals surface area contributed by atoms with Crippen molar-refractivity contribution in [3.05, 3.63) is 0 Å². The summed E-state index contributed by atoms with van der Waals surface area (Å²) in [6.45, 7) is 1.28. The molecule has 2 rings (SSSR count). The lowest BCUT2D eigenvalue weighted by molar-refractivity contribution is 0.368. The van der Waals surface area contributed by atoms with Crippen LogP contribution in [0.25, 0.3) is 0 Å². The summed E-state index contributed by atoms with van der Waals surface area (Å²) in [7, 11) is 0. The Labute approximate surface area is 69.0 Å². The zero-order chi connectivity index (χ0) is 6.10. The standard InChI is InChI=1S/C8H15N.ClH/c1-2-6-9-8(3-1)7-4-5-7;/h7-9H,1-6H2;1H/t8-;/m1./s1. The van der Waals surface area contributed by atoms with E-state index < -0.39 is 0 Å². The highest BCUT2D eigenvalue weighted by atomic mass is 35.5. The second-order valence-corrected chi connectivity index (χ2v) is 3.39. The van der Waals surface area contributed by atoms with E-state index >= 15 is 0 Å². The summed E-state index contributed by atoms with van der Waals surface area (Å²) in [5, 5.41) is 3.58. The van der Waals surface area contributed by atoms with Crippen LogP contribution in [0.5, 0.6) is 0 Å². The molecular formula is C8H16ClN. The van der Waals surface area contributed by atoms with E-state index in [-0.39, 0.29) is 12.4 Å². The second kappa shape index (κ2) is 3.59. The summed E-state index contributed by atoms with van der Waals surface area (Å²) in [6, 6.07) is 0.916. The molecule has 10 heavy (non-hydrogen) atoms. The summed E-state index contributed by atoms with van der Waals surface area (Å²) in [4.78, 5) is 0. The quantitative estimate of drug-likeness (QED) is 0.620. The molecule has 2 aliphatic rings. The van der Waals surface area contributed by atoms with Crippen LogP contribution >= 0.6 is 12.4 Å². The van der Waals surface area contributed by atoms with Gasteiger partial charge >= 0.3 is 0 Å². The minimum absolute atomic E-state index is 0. The van der Waals surface area contributed by atoms with Crippen LogP contribution in [0.1, 0.15) is 32.1 Å². The molecule has 2 heteroatoms. The number of piperidine rings is 1. The van der Waals surface area contributed by atoms with Gasteiger partial charge in [0, 0.05) is 6.04 Å². The van der Waals surface area contributed by atoms with Crippen LogP contribution in [0.3, 0.4) is 0 Å². The lowest BCUT2D eigenvalue weighted by Gasteiger charge is -2.22. The van der Waals surface area contributed by atoms with Crippen LogP contribution in [-0.2, 0) is 0 Å². The first-order valence-electron chi connectivity index (χ1n) is 4.20. The van der Waals surface area contributed by atoms with Crippen LogP contribution < -0.4 is 5.32 Å². The van der Waals surface area contributed by atoms with E-state index in [9.17, 15) is 0 Å². The molecule has 1 heterocycles. The fraction of sp³-hybridized carbons (Fsp3) is 1.00. The first-order valence-corrected chi connectivity index (χ1v) is 4.20. The van der Waals surface area contributed by atoms with E-state index in [1.165, 1.54) is 38.6 Å². The van der Waals surface area contributed by atoms with Gasteiger partial charge in [-0.3, -0.25) is 0 Å². The fourth-order valence-corrected chi connectivity index (χ4v) is 1.78. The van der Waals surface area contributed by atoms with Gasteiger partial charge in [-0.2, -0.15) is 0 Å². The Balaban J connectivity index is 0.000000500. The van der Waals surface area contributed by atoms with Crippen molar-refractivity contribution in [1.29, 1.82) is 0 Å². The van der Waals surface area contributed by atoms with Crippen molar-refractivity contribution in [3.8, 4) is 0 Å². The van der Waals surface area contributed by atoms with Crippen molar-refractivity contribution in [2.75, 3.05) is 6.54 Å². The third-order valence-corrected chi connectivity index (χ3v) is 2.54. The molecule has 1 aliphatic heterocycles. The summed E-state index contributed by atoms with van der Waals surface area (Å²) in [5.41, 5.74) is 0. The van der Waals surface area contributed by atoms with Gasteiger partial charge in [-0.15, -0.1) is 12.4 Å². The van der Waals surface area contributed by atoms with Crippen molar-refractivity contribution < 1.29 is 0 Å².